The maximum Gasteiger partial charge on any atom is 0.418 e. The monoisotopic (exact) mass is 358 g/mol. The molecular formula is C15H13F3N2O3S. The molecule has 0 aliphatic heterocycles. The van der Waals surface area contributed by atoms with E-state index in [0.717, 1.165) is 12.1 Å². The van der Waals surface area contributed by atoms with Gasteiger partial charge in [-0.15, -0.1) is 11.3 Å². The first-order valence-corrected chi connectivity index (χ1v) is 7.64. The van der Waals surface area contributed by atoms with E-state index in [0.29, 0.717) is 4.88 Å². The third kappa shape index (κ3) is 4.56. The second kappa shape index (κ2) is 7.45. The molecule has 0 saturated heterocycles. The van der Waals surface area contributed by atoms with Crippen molar-refractivity contribution in [2.24, 2.45) is 0 Å². The number of benzene rings is 1. The van der Waals surface area contributed by atoms with Gasteiger partial charge in [-0.25, -0.2) is 0 Å². The Morgan fingerprint density at radius 2 is 1.83 bits per heavy atom. The van der Waals surface area contributed by atoms with Gasteiger partial charge >= 0.3 is 18.0 Å². The summed E-state index contributed by atoms with van der Waals surface area (Å²) in [4.78, 5) is 24.0. The summed E-state index contributed by atoms with van der Waals surface area (Å²) in [5, 5.41) is 15.6. The van der Waals surface area contributed by atoms with Crippen LogP contribution in [0.5, 0.6) is 0 Å². The molecule has 5 nitrogen and oxygen atoms in total. The van der Waals surface area contributed by atoms with Gasteiger partial charge in [0.1, 0.15) is 6.10 Å². The molecule has 2 amide bonds. The predicted octanol–water partition coefficient (Wildman–Crippen LogP) is 2.56. The van der Waals surface area contributed by atoms with Crippen LogP contribution in [0, 0.1) is 0 Å². The maximum absolute atomic E-state index is 12.8. The van der Waals surface area contributed by atoms with Gasteiger partial charge in [0, 0.05) is 11.4 Å². The molecule has 1 aromatic heterocycles. The number of nitrogens with one attached hydrogen (secondary N) is 2. The van der Waals surface area contributed by atoms with Crippen LogP contribution in [0.15, 0.2) is 41.8 Å². The van der Waals surface area contributed by atoms with Crippen LogP contribution in [-0.4, -0.2) is 23.5 Å². The highest BCUT2D eigenvalue weighted by molar-refractivity contribution is 7.10. The lowest BCUT2D eigenvalue weighted by Gasteiger charge is -2.14. The summed E-state index contributed by atoms with van der Waals surface area (Å²) in [7, 11) is 0. The zero-order valence-electron chi connectivity index (χ0n) is 12.1. The summed E-state index contributed by atoms with van der Waals surface area (Å²) >= 11 is 1.27. The molecule has 128 valence electrons. The number of alkyl halides is 3. The summed E-state index contributed by atoms with van der Waals surface area (Å²) in [5.74, 6) is -2.38. The molecule has 0 aliphatic carbocycles. The van der Waals surface area contributed by atoms with Crippen LogP contribution in [0.2, 0.25) is 0 Å². The fraction of sp³-hybridized carbons (Fsp3) is 0.200. The quantitative estimate of drug-likeness (QED) is 0.735. The number of para-hydroxylation sites is 1. The van der Waals surface area contributed by atoms with E-state index in [1.54, 1.807) is 17.5 Å². The molecule has 0 radical (unpaired) electrons. The Bertz CT molecular complexity index is 717. The molecule has 0 bridgehead atoms. The zero-order valence-corrected chi connectivity index (χ0v) is 12.9. The van der Waals surface area contributed by atoms with Crippen LogP contribution in [-0.2, 0) is 15.8 Å². The fourth-order valence-electron chi connectivity index (χ4n) is 1.87. The number of rotatable bonds is 4. The molecule has 1 heterocycles. The van der Waals surface area contributed by atoms with Gasteiger partial charge in [0.15, 0.2) is 0 Å². The number of carbonyl (C=O) groups excluding carboxylic acids is 2. The standard InChI is InChI=1S/C15H13F3N2O3S/c16-15(17,18)9-4-1-2-5-10(9)20-14(23)13(22)19-8-11(21)12-6-3-7-24-12/h1-7,11,21H,8H2,(H,19,22)(H,20,23). The highest BCUT2D eigenvalue weighted by Crippen LogP contribution is 2.34. The number of amides is 2. The predicted molar refractivity (Wildman–Crippen MR) is 82.4 cm³/mol. The van der Waals surface area contributed by atoms with E-state index in [1.165, 1.54) is 23.5 Å². The second-order valence-corrected chi connectivity index (χ2v) is 5.72. The topological polar surface area (TPSA) is 78.4 Å². The Hall–Kier alpha value is -2.39. The van der Waals surface area contributed by atoms with Gasteiger partial charge < -0.3 is 15.7 Å². The number of thiophene rings is 1. The van der Waals surface area contributed by atoms with Crippen LogP contribution >= 0.6 is 11.3 Å². The first-order valence-electron chi connectivity index (χ1n) is 6.76. The van der Waals surface area contributed by atoms with E-state index in [-0.39, 0.29) is 6.54 Å². The number of aliphatic hydroxyl groups is 1. The van der Waals surface area contributed by atoms with Crippen molar-refractivity contribution < 1.29 is 27.9 Å². The van der Waals surface area contributed by atoms with Crippen molar-refractivity contribution in [1.82, 2.24) is 5.32 Å². The van der Waals surface area contributed by atoms with Crippen LogP contribution < -0.4 is 10.6 Å². The lowest BCUT2D eigenvalue weighted by Crippen LogP contribution is -2.37. The summed E-state index contributed by atoms with van der Waals surface area (Å²) in [6.07, 6.45) is -5.65. The molecule has 9 heteroatoms. The minimum atomic E-state index is -4.66. The molecule has 2 aromatic rings. The smallest absolute Gasteiger partial charge is 0.386 e. The van der Waals surface area contributed by atoms with Gasteiger partial charge in [0.05, 0.1) is 11.3 Å². The number of anilines is 1. The van der Waals surface area contributed by atoms with Crippen molar-refractivity contribution in [2.45, 2.75) is 12.3 Å². The molecule has 1 unspecified atom stereocenters. The Labute approximate surface area is 139 Å². The van der Waals surface area contributed by atoms with Crippen LogP contribution in [0.4, 0.5) is 18.9 Å². The number of hydrogen-bond donors (Lipinski definition) is 3. The van der Waals surface area contributed by atoms with E-state index in [1.807, 2.05) is 5.32 Å². The van der Waals surface area contributed by atoms with E-state index in [9.17, 15) is 27.9 Å². The van der Waals surface area contributed by atoms with Gasteiger partial charge in [0.2, 0.25) is 0 Å². The lowest BCUT2D eigenvalue weighted by molar-refractivity contribution is -0.138. The molecule has 24 heavy (non-hydrogen) atoms. The molecule has 2 rings (SSSR count). The first kappa shape index (κ1) is 18.0. The molecule has 0 aliphatic rings. The normalized spacial score (nSPS) is 12.5. The lowest BCUT2D eigenvalue weighted by atomic mass is 10.1. The highest BCUT2D eigenvalue weighted by Gasteiger charge is 2.34. The van der Waals surface area contributed by atoms with Gasteiger partial charge in [-0.05, 0) is 23.6 Å². The minimum absolute atomic E-state index is 0.228. The fourth-order valence-corrected chi connectivity index (χ4v) is 2.58. The zero-order chi connectivity index (χ0) is 17.7. The second-order valence-electron chi connectivity index (χ2n) is 4.74. The third-order valence-corrected chi connectivity index (χ3v) is 3.99. The van der Waals surface area contributed by atoms with E-state index >= 15 is 0 Å². The highest BCUT2D eigenvalue weighted by atomic mass is 32.1. The average Bonchev–Trinajstić information content (AvgIpc) is 3.06. The Kier molecular flexibility index (Phi) is 5.58. The van der Waals surface area contributed by atoms with Crippen LogP contribution in [0.3, 0.4) is 0 Å². The molecule has 0 saturated carbocycles. The summed E-state index contributed by atoms with van der Waals surface area (Å²) in [5.41, 5.74) is -1.56. The van der Waals surface area contributed by atoms with Crippen molar-refractivity contribution in [3.8, 4) is 0 Å². The number of carbonyl (C=O) groups is 2. The molecular weight excluding hydrogens is 345 g/mol. The van der Waals surface area contributed by atoms with E-state index in [2.05, 4.69) is 5.32 Å². The molecule has 3 N–H and O–H groups in total. The van der Waals surface area contributed by atoms with E-state index < -0.39 is 35.3 Å². The Morgan fingerprint density at radius 1 is 1.12 bits per heavy atom. The third-order valence-electron chi connectivity index (χ3n) is 3.01. The summed E-state index contributed by atoms with van der Waals surface area (Å²) < 4.78 is 38.5. The number of aliphatic hydroxyl groups excluding tert-OH is 1. The first-order chi connectivity index (χ1) is 11.3. The molecule has 0 spiro atoms. The van der Waals surface area contributed by atoms with Crippen molar-refractivity contribution in [1.29, 1.82) is 0 Å². The molecule has 0 fully saturated rings. The average molecular weight is 358 g/mol. The summed E-state index contributed by atoms with van der Waals surface area (Å²) in [6.45, 7) is -0.228. The van der Waals surface area contributed by atoms with Gasteiger partial charge in [0.25, 0.3) is 0 Å². The largest absolute Gasteiger partial charge is 0.418 e. The number of halogens is 3. The van der Waals surface area contributed by atoms with Crippen molar-refractivity contribution >= 4 is 28.8 Å². The van der Waals surface area contributed by atoms with Crippen molar-refractivity contribution in [2.75, 3.05) is 11.9 Å². The summed E-state index contributed by atoms with van der Waals surface area (Å²) in [6, 6.07) is 7.70. The maximum atomic E-state index is 12.8. The van der Waals surface area contributed by atoms with Gasteiger partial charge in [-0.2, -0.15) is 13.2 Å². The van der Waals surface area contributed by atoms with Gasteiger partial charge in [-0.1, -0.05) is 18.2 Å². The SMILES string of the molecule is O=C(NCC(O)c1cccs1)C(=O)Nc1ccccc1C(F)(F)F. The Morgan fingerprint density at radius 3 is 2.46 bits per heavy atom. The molecule has 1 atom stereocenters. The Balaban J connectivity index is 1.96. The van der Waals surface area contributed by atoms with Crippen LogP contribution in [0.25, 0.3) is 0 Å². The van der Waals surface area contributed by atoms with Crippen molar-refractivity contribution in [3.05, 3.63) is 52.2 Å². The van der Waals surface area contributed by atoms with Gasteiger partial charge in [-0.3, -0.25) is 9.59 Å². The minimum Gasteiger partial charge on any atom is -0.386 e. The van der Waals surface area contributed by atoms with Crippen molar-refractivity contribution in [3.63, 3.8) is 0 Å². The van der Waals surface area contributed by atoms with Crippen LogP contribution in [0.1, 0.15) is 16.5 Å². The number of hydrogen-bond acceptors (Lipinski definition) is 4. The molecule has 1 aromatic carbocycles. The van der Waals surface area contributed by atoms with E-state index in [4.69, 9.17) is 0 Å².